The lowest BCUT2D eigenvalue weighted by Crippen LogP contribution is -2.47. The molecule has 0 saturated heterocycles. The zero-order valence-corrected chi connectivity index (χ0v) is 16.0. The fourth-order valence-corrected chi connectivity index (χ4v) is 3.80. The molecule has 0 aliphatic heterocycles. The Morgan fingerprint density at radius 2 is 1.69 bits per heavy atom. The first-order valence-electron chi connectivity index (χ1n) is 10.2. The summed E-state index contributed by atoms with van der Waals surface area (Å²) in [5.41, 5.74) is 6.79. The molecule has 1 aromatic rings. The zero-order valence-electron chi connectivity index (χ0n) is 16.0. The van der Waals surface area contributed by atoms with Gasteiger partial charge in [0.1, 0.15) is 0 Å². The van der Waals surface area contributed by atoms with Crippen LogP contribution in [0.3, 0.4) is 0 Å². The number of hydrogen-bond donors (Lipinski definition) is 3. The van der Waals surface area contributed by atoms with E-state index in [4.69, 9.17) is 5.73 Å². The van der Waals surface area contributed by atoms with Gasteiger partial charge in [0, 0.05) is 12.0 Å². The van der Waals surface area contributed by atoms with Crippen molar-refractivity contribution in [1.82, 2.24) is 0 Å². The maximum Gasteiger partial charge on any atom is 0.162 e. The summed E-state index contributed by atoms with van der Waals surface area (Å²) in [5, 5.41) is 18.5. The van der Waals surface area contributed by atoms with Crippen molar-refractivity contribution >= 4 is 5.78 Å². The van der Waals surface area contributed by atoms with E-state index in [-0.39, 0.29) is 19.0 Å². The van der Waals surface area contributed by atoms with Gasteiger partial charge in [-0.1, -0.05) is 69.2 Å². The molecule has 4 heteroatoms. The SMILES string of the molecule is NC(CO)(CO)CCc1ccc(C(=O)CCCCC2CCCCC2)cc1. The highest BCUT2D eigenvalue weighted by Crippen LogP contribution is 2.28. The van der Waals surface area contributed by atoms with Crippen LogP contribution < -0.4 is 5.73 Å². The van der Waals surface area contributed by atoms with Crippen molar-refractivity contribution in [3.05, 3.63) is 35.4 Å². The number of carbonyl (C=O) groups is 1. The predicted molar refractivity (Wildman–Crippen MR) is 105 cm³/mol. The molecule has 146 valence electrons. The Kier molecular flexibility index (Phi) is 8.76. The minimum Gasteiger partial charge on any atom is -0.394 e. The van der Waals surface area contributed by atoms with Gasteiger partial charge in [-0.3, -0.25) is 4.79 Å². The number of Topliss-reactive ketones (excluding diaryl/α,β-unsaturated/α-hetero) is 1. The fourth-order valence-electron chi connectivity index (χ4n) is 3.80. The number of benzene rings is 1. The summed E-state index contributed by atoms with van der Waals surface area (Å²) in [6, 6.07) is 7.67. The van der Waals surface area contributed by atoms with Crippen molar-refractivity contribution in [3.8, 4) is 0 Å². The van der Waals surface area contributed by atoms with Crippen LogP contribution in [-0.4, -0.2) is 34.7 Å². The average Bonchev–Trinajstić information content (AvgIpc) is 2.70. The van der Waals surface area contributed by atoms with E-state index in [1.165, 1.54) is 38.5 Å². The Labute approximate surface area is 157 Å². The van der Waals surface area contributed by atoms with E-state index in [2.05, 4.69) is 0 Å². The van der Waals surface area contributed by atoms with Crippen molar-refractivity contribution in [2.45, 2.75) is 76.2 Å². The third-order valence-electron chi connectivity index (χ3n) is 5.81. The molecule has 1 aromatic carbocycles. The minimum absolute atomic E-state index is 0.221. The van der Waals surface area contributed by atoms with Gasteiger partial charge in [-0.05, 0) is 30.7 Å². The fraction of sp³-hybridized carbons (Fsp3) is 0.682. The summed E-state index contributed by atoms with van der Waals surface area (Å²) in [4.78, 5) is 12.3. The number of unbranched alkanes of at least 4 members (excludes halogenated alkanes) is 1. The van der Waals surface area contributed by atoms with Crippen molar-refractivity contribution in [3.63, 3.8) is 0 Å². The van der Waals surface area contributed by atoms with Crippen molar-refractivity contribution in [1.29, 1.82) is 0 Å². The third kappa shape index (κ3) is 6.82. The van der Waals surface area contributed by atoms with Crippen LogP contribution in [0.2, 0.25) is 0 Å². The smallest absolute Gasteiger partial charge is 0.162 e. The molecule has 4 nitrogen and oxygen atoms in total. The lowest BCUT2D eigenvalue weighted by Gasteiger charge is -2.24. The maximum absolute atomic E-state index is 12.3. The Morgan fingerprint density at radius 3 is 2.31 bits per heavy atom. The van der Waals surface area contributed by atoms with Gasteiger partial charge in [-0.15, -0.1) is 0 Å². The molecule has 0 bridgehead atoms. The number of aliphatic hydroxyl groups is 2. The Bertz CT molecular complexity index is 531. The maximum atomic E-state index is 12.3. The number of aliphatic hydroxyl groups excluding tert-OH is 2. The van der Waals surface area contributed by atoms with Gasteiger partial charge in [0.2, 0.25) is 0 Å². The van der Waals surface area contributed by atoms with Gasteiger partial charge >= 0.3 is 0 Å². The standard InChI is InChI=1S/C22H35NO3/c23-22(16-24,17-25)15-14-19-10-12-20(13-11-19)21(26)9-5-4-8-18-6-2-1-3-7-18/h10-13,18,24-25H,1-9,14-17,23H2. The molecule has 0 unspecified atom stereocenters. The van der Waals surface area contributed by atoms with Crippen molar-refractivity contribution < 1.29 is 15.0 Å². The van der Waals surface area contributed by atoms with Crippen LogP contribution >= 0.6 is 0 Å². The predicted octanol–water partition coefficient (Wildman–Crippen LogP) is 3.62. The van der Waals surface area contributed by atoms with Gasteiger partial charge in [0.15, 0.2) is 5.78 Å². The second-order valence-electron chi connectivity index (χ2n) is 8.05. The minimum atomic E-state index is -0.938. The summed E-state index contributed by atoms with van der Waals surface area (Å²) in [7, 11) is 0. The Morgan fingerprint density at radius 1 is 1.04 bits per heavy atom. The van der Waals surface area contributed by atoms with Crippen LogP contribution in [0.5, 0.6) is 0 Å². The molecular weight excluding hydrogens is 326 g/mol. The molecule has 1 saturated carbocycles. The van der Waals surface area contributed by atoms with Crippen LogP contribution in [-0.2, 0) is 6.42 Å². The zero-order chi connectivity index (χ0) is 18.8. The van der Waals surface area contributed by atoms with Crippen LogP contribution in [0.15, 0.2) is 24.3 Å². The Hall–Kier alpha value is -1.23. The number of ketones is 1. The monoisotopic (exact) mass is 361 g/mol. The lowest BCUT2D eigenvalue weighted by atomic mass is 9.85. The molecule has 0 spiro atoms. The lowest BCUT2D eigenvalue weighted by molar-refractivity contribution is 0.0978. The van der Waals surface area contributed by atoms with Crippen molar-refractivity contribution in [2.75, 3.05) is 13.2 Å². The highest BCUT2D eigenvalue weighted by molar-refractivity contribution is 5.96. The molecule has 0 atom stereocenters. The van der Waals surface area contributed by atoms with E-state index in [0.717, 1.165) is 29.9 Å². The first-order chi connectivity index (χ1) is 12.6. The normalized spacial score (nSPS) is 16.0. The van der Waals surface area contributed by atoms with E-state index in [1.807, 2.05) is 24.3 Å². The van der Waals surface area contributed by atoms with Crippen molar-refractivity contribution in [2.24, 2.45) is 11.7 Å². The molecule has 0 amide bonds. The third-order valence-corrected chi connectivity index (χ3v) is 5.81. The van der Waals surface area contributed by atoms with E-state index >= 15 is 0 Å². The second-order valence-corrected chi connectivity index (χ2v) is 8.05. The molecule has 1 aliphatic carbocycles. The van der Waals surface area contributed by atoms with E-state index < -0.39 is 5.54 Å². The first-order valence-corrected chi connectivity index (χ1v) is 10.2. The van der Waals surface area contributed by atoms with Gasteiger partial charge in [-0.25, -0.2) is 0 Å². The number of carbonyl (C=O) groups excluding carboxylic acids is 1. The molecule has 1 fully saturated rings. The van der Waals surface area contributed by atoms with Gasteiger partial charge in [0.05, 0.1) is 18.8 Å². The highest BCUT2D eigenvalue weighted by Gasteiger charge is 2.22. The summed E-state index contributed by atoms with van der Waals surface area (Å²) in [5.74, 6) is 1.12. The first kappa shape index (κ1) is 21.1. The van der Waals surface area contributed by atoms with E-state index in [9.17, 15) is 15.0 Å². The van der Waals surface area contributed by atoms with E-state index in [0.29, 0.717) is 19.3 Å². The van der Waals surface area contributed by atoms with Crippen LogP contribution in [0.4, 0.5) is 0 Å². The molecule has 0 aromatic heterocycles. The van der Waals surface area contributed by atoms with Gasteiger partial charge in [-0.2, -0.15) is 0 Å². The van der Waals surface area contributed by atoms with Gasteiger partial charge in [0.25, 0.3) is 0 Å². The van der Waals surface area contributed by atoms with Crippen LogP contribution in [0, 0.1) is 5.92 Å². The Balaban J connectivity index is 1.70. The molecule has 2 rings (SSSR count). The number of hydrogen-bond acceptors (Lipinski definition) is 4. The molecule has 4 N–H and O–H groups in total. The number of nitrogens with two attached hydrogens (primary N) is 1. The summed E-state index contributed by atoms with van der Waals surface area (Å²) >= 11 is 0. The van der Waals surface area contributed by atoms with Crippen LogP contribution in [0.1, 0.15) is 80.1 Å². The second kappa shape index (κ2) is 10.8. The van der Waals surface area contributed by atoms with Crippen LogP contribution in [0.25, 0.3) is 0 Å². The highest BCUT2D eigenvalue weighted by atomic mass is 16.3. The van der Waals surface area contributed by atoms with E-state index in [1.54, 1.807) is 0 Å². The molecule has 0 heterocycles. The molecule has 26 heavy (non-hydrogen) atoms. The largest absolute Gasteiger partial charge is 0.394 e. The average molecular weight is 362 g/mol. The summed E-state index contributed by atoms with van der Waals surface area (Å²) < 4.78 is 0. The number of aryl methyl sites for hydroxylation is 1. The molecule has 1 aliphatic rings. The molecule has 0 radical (unpaired) electrons. The molecular formula is C22H35NO3. The quantitative estimate of drug-likeness (QED) is 0.415. The van der Waals surface area contributed by atoms with Gasteiger partial charge < -0.3 is 15.9 Å². The summed E-state index contributed by atoms with van der Waals surface area (Å²) in [6.07, 6.45) is 12.2. The topological polar surface area (TPSA) is 83.6 Å². The summed E-state index contributed by atoms with van der Waals surface area (Å²) in [6.45, 7) is -0.470. The number of rotatable bonds is 11.